The molecule has 0 spiro atoms. The Balaban J connectivity index is 1.66. The number of aromatic nitrogens is 4. The smallest absolute Gasteiger partial charge is 0.263 e. The van der Waals surface area contributed by atoms with Crippen molar-refractivity contribution in [3.63, 3.8) is 0 Å². The zero-order chi connectivity index (χ0) is 19.7. The lowest BCUT2D eigenvalue weighted by Gasteiger charge is -2.14. The van der Waals surface area contributed by atoms with Crippen LogP contribution in [0.4, 0.5) is 0 Å². The number of aromatic amines is 1. The molecular formula is C21H19N5O2. The molecule has 4 aromatic rings. The van der Waals surface area contributed by atoms with Crippen LogP contribution >= 0.6 is 0 Å². The number of nitrogens with zero attached hydrogens (tertiary/aromatic N) is 3. The molecule has 0 aliphatic rings. The molecule has 0 saturated heterocycles. The number of rotatable bonds is 4. The fourth-order valence-corrected chi connectivity index (χ4v) is 3.34. The molecule has 1 atom stereocenters. The van der Waals surface area contributed by atoms with Gasteiger partial charge in [0.25, 0.3) is 11.5 Å². The quantitative estimate of drug-likeness (QED) is 0.575. The van der Waals surface area contributed by atoms with Crippen molar-refractivity contribution < 1.29 is 4.79 Å². The minimum atomic E-state index is -0.473. The minimum absolute atomic E-state index is 0.0200. The Bertz CT molecular complexity index is 1220. The molecule has 7 heteroatoms. The minimum Gasteiger partial charge on any atom is -0.345 e. The second kappa shape index (κ2) is 7.11. The van der Waals surface area contributed by atoms with E-state index >= 15 is 0 Å². The van der Waals surface area contributed by atoms with E-state index in [1.165, 1.54) is 12.5 Å². The highest BCUT2D eigenvalue weighted by atomic mass is 16.2. The molecule has 0 aliphatic heterocycles. The average Bonchev–Trinajstić information content (AvgIpc) is 3.09. The van der Waals surface area contributed by atoms with E-state index in [9.17, 15) is 9.59 Å². The first-order valence-electron chi connectivity index (χ1n) is 8.92. The molecule has 0 saturated carbocycles. The van der Waals surface area contributed by atoms with Gasteiger partial charge in [-0.25, -0.2) is 9.67 Å². The normalized spacial score (nSPS) is 12.1. The number of H-pyrrole nitrogens is 1. The Hall–Kier alpha value is -3.74. The molecule has 0 bridgehead atoms. The molecule has 7 nitrogen and oxygen atoms in total. The molecule has 4 rings (SSSR count). The van der Waals surface area contributed by atoms with E-state index < -0.39 is 11.5 Å². The number of carbonyl (C=O) groups excluding carboxylic acids is 1. The van der Waals surface area contributed by atoms with Gasteiger partial charge >= 0.3 is 0 Å². The third-order valence-corrected chi connectivity index (χ3v) is 4.82. The number of nitrogens with one attached hydrogen (secondary N) is 2. The van der Waals surface area contributed by atoms with Crippen LogP contribution in [0.25, 0.3) is 16.5 Å². The van der Waals surface area contributed by atoms with Crippen LogP contribution in [0.2, 0.25) is 0 Å². The molecule has 2 N–H and O–H groups in total. The Kier molecular flexibility index (Phi) is 4.49. The molecule has 1 amide bonds. The number of hydrogen-bond acceptors (Lipinski definition) is 4. The van der Waals surface area contributed by atoms with E-state index in [2.05, 4.69) is 38.6 Å². The van der Waals surface area contributed by atoms with Crippen LogP contribution in [0, 0.1) is 6.92 Å². The Morgan fingerprint density at radius 2 is 1.93 bits per heavy atom. The lowest BCUT2D eigenvalue weighted by Crippen LogP contribution is -2.31. The lowest BCUT2D eigenvalue weighted by atomic mass is 10.1. The molecule has 2 aromatic carbocycles. The summed E-state index contributed by atoms with van der Waals surface area (Å²) in [5, 5.41) is 9.62. The van der Waals surface area contributed by atoms with Gasteiger partial charge in [-0.3, -0.25) is 9.59 Å². The van der Waals surface area contributed by atoms with Gasteiger partial charge in [0.15, 0.2) is 0 Å². The lowest BCUT2D eigenvalue weighted by molar-refractivity contribution is 0.0938. The maximum absolute atomic E-state index is 12.4. The second-order valence-corrected chi connectivity index (χ2v) is 6.58. The Morgan fingerprint density at radius 3 is 2.75 bits per heavy atom. The van der Waals surface area contributed by atoms with E-state index in [0.717, 1.165) is 27.7 Å². The zero-order valence-corrected chi connectivity index (χ0v) is 15.5. The summed E-state index contributed by atoms with van der Waals surface area (Å²) < 4.78 is 1.87. The number of fused-ring (bicyclic) bond motifs is 1. The van der Waals surface area contributed by atoms with E-state index in [4.69, 9.17) is 0 Å². The van der Waals surface area contributed by atoms with E-state index in [1.54, 1.807) is 6.20 Å². The summed E-state index contributed by atoms with van der Waals surface area (Å²) in [4.78, 5) is 30.4. The predicted octanol–water partition coefficient (Wildman–Crippen LogP) is 2.91. The molecule has 2 heterocycles. The van der Waals surface area contributed by atoms with Gasteiger partial charge in [0.1, 0.15) is 5.56 Å². The van der Waals surface area contributed by atoms with E-state index in [1.807, 2.05) is 42.8 Å². The van der Waals surface area contributed by atoms with Crippen molar-refractivity contribution in [2.24, 2.45) is 0 Å². The van der Waals surface area contributed by atoms with Crippen LogP contribution in [0.15, 0.2) is 66.0 Å². The Labute approximate surface area is 161 Å². The molecule has 28 heavy (non-hydrogen) atoms. The monoisotopic (exact) mass is 373 g/mol. The van der Waals surface area contributed by atoms with Crippen molar-refractivity contribution >= 4 is 16.7 Å². The number of benzene rings is 2. The SMILES string of the molecule is Cc1c([C@H](C)NC(=O)c2cnc[nH]c2=O)cnn1-c1cccc2ccccc12. The van der Waals surface area contributed by atoms with Crippen LogP contribution in [0.5, 0.6) is 0 Å². The van der Waals surface area contributed by atoms with E-state index in [-0.39, 0.29) is 11.6 Å². The van der Waals surface area contributed by atoms with Crippen LogP contribution in [-0.4, -0.2) is 25.7 Å². The van der Waals surface area contributed by atoms with Crippen molar-refractivity contribution in [2.45, 2.75) is 19.9 Å². The third kappa shape index (κ3) is 3.07. The molecule has 0 unspecified atom stereocenters. The summed E-state index contributed by atoms with van der Waals surface area (Å²) in [5.41, 5.74) is 2.28. The number of amides is 1. The summed E-state index contributed by atoms with van der Waals surface area (Å²) in [5.74, 6) is -0.473. The first-order chi connectivity index (χ1) is 13.6. The average molecular weight is 373 g/mol. The standard InChI is InChI=1S/C21H19N5O2/c1-13(25-21(28)18-10-22-12-23-20(18)27)17-11-24-26(14(17)2)19-9-5-7-15-6-3-4-8-16(15)19/h3-13H,1-2H3,(H,25,28)(H,22,23,27)/t13-/m0/s1. The van der Waals surface area contributed by atoms with Gasteiger partial charge in [0, 0.05) is 22.8 Å². The molecule has 0 radical (unpaired) electrons. The number of hydrogen-bond donors (Lipinski definition) is 2. The predicted molar refractivity (Wildman–Crippen MR) is 107 cm³/mol. The summed E-state index contributed by atoms with van der Waals surface area (Å²) in [6.07, 6.45) is 4.25. The first-order valence-corrected chi connectivity index (χ1v) is 8.92. The summed E-state index contributed by atoms with van der Waals surface area (Å²) in [7, 11) is 0. The van der Waals surface area contributed by atoms with Gasteiger partial charge < -0.3 is 10.3 Å². The molecule has 140 valence electrons. The highest BCUT2D eigenvalue weighted by molar-refractivity contribution is 5.93. The van der Waals surface area contributed by atoms with Crippen molar-refractivity contribution in [1.29, 1.82) is 0 Å². The van der Waals surface area contributed by atoms with Gasteiger partial charge in [-0.15, -0.1) is 0 Å². The van der Waals surface area contributed by atoms with Crippen LogP contribution in [-0.2, 0) is 0 Å². The largest absolute Gasteiger partial charge is 0.345 e. The van der Waals surface area contributed by atoms with Gasteiger partial charge in [0.05, 0.1) is 24.3 Å². The highest BCUT2D eigenvalue weighted by Crippen LogP contribution is 2.25. The van der Waals surface area contributed by atoms with Gasteiger partial charge in [-0.2, -0.15) is 5.10 Å². The zero-order valence-electron chi connectivity index (χ0n) is 15.5. The van der Waals surface area contributed by atoms with Crippen molar-refractivity contribution in [3.8, 4) is 5.69 Å². The molecule has 0 aliphatic carbocycles. The van der Waals surface area contributed by atoms with E-state index in [0.29, 0.717) is 0 Å². The molecule has 2 aromatic heterocycles. The van der Waals surface area contributed by atoms with Crippen molar-refractivity contribution in [3.05, 3.63) is 88.4 Å². The van der Waals surface area contributed by atoms with Crippen molar-refractivity contribution in [2.75, 3.05) is 0 Å². The van der Waals surface area contributed by atoms with Crippen LogP contribution in [0.3, 0.4) is 0 Å². The van der Waals surface area contributed by atoms with Gasteiger partial charge in [-0.1, -0.05) is 36.4 Å². The first kappa shape index (κ1) is 17.7. The van der Waals surface area contributed by atoms with Gasteiger partial charge in [-0.05, 0) is 25.3 Å². The Morgan fingerprint density at radius 1 is 1.14 bits per heavy atom. The fraction of sp³-hybridized carbons (Fsp3) is 0.143. The highest BCUT2D eigenvalue weighted by Gasteiger charge is 2.19. The summed E-state index contributed by atoms with van der Waals surface area (Å²) in [6, 6.07) is 13.9. The summed E-state index contributed by atoms with van der Waals surface area (Å²) in [6.45, 7) is 3.82. The molecule has 0 fully saturated rings. The number of carbonyl (C=O) groups is 1. The van der Waals surface area contributed by atoms with Gasteiger partial charge in [0.2, 0.25) is 0 Å². The van der Waals surface area contributed by atoms with Crippen molar-refractivity contribution in [1.82, 2.24) is 25.1 Å². The fourth-order valence-electron chi connectivity index (χ4n) is 3.34. The maximum atomic E-state index is 12.4. The molecular weight excluding hydrogens is 354 g/mol. The maximum Gasteiger partial charge on any atom is 0.263 e. The van der Waals surface area contributed by atoms with Crippen LogP contribution in [0.1, 0.15) is 34.6 Å². The second-order valence-electron chi connectivity index (χ2n) is 6.58. The third-order valence-electron chi connectivity index (χ3n) is 4.82. The summed E-state index contributed by atoms with van der Waals surface area (Å²) >= 11 is 0. The van der Waals surface area contributed by atoms with Crippen LogP contribution < -0.4 is 10.9 Å². The topological polar surface area (TPSA) is 92.7 Å².